The Hall–Kier alpha value is -3.12. The molecule has 2 rings (SSSR count). The second kappa shape index (κ2) is 5.03. The highest BCUT2D eigenvalue weighted by Crippen LogP contribution is 2.15. The molecule has 0 aliphatic heterocycles. The maximum absolute atomic E-state index is 11.8. The molecule has 6 nitrogen and oxygen atoms in total. The van der Waals surface area contributed by atoms with Crippen molar-refractivity contribution in [3.63, 3.8) is 0 Å². The standard InChI is InChI=1S/C13H9N5O/c1-8-4-13(19)11-5-9(2-3-12(11)16-8)17-18-10(6-14)7-15/h2-5,17H,1H3,(H,16,19). The number of hydrazone groups is 1. The van der Waals surface area contributed by atoms with Crippen molar-refractivity contribution in [2.24, 2.45) is 5.10 Å². The van der Waals surface area contributed by atoms with Gasteiger partial charge in [-0.1, -0.05) is 0 Å². The van der Waals surface area contributed by atoms with Gasteiger partial charge in [-0.25, -0.2) is 0 Å². The lowest BCUT2D eigenvalue weighted by molar-refractivity contribution is 1.24. The molecule has 0 unspecified atom stereocenters. The Morgan fingerprint density at radius 2 is 2.05 bits per heavy atom. The lowest BCUT2D eigenvalue weighted by Crippen LogP contribution is -2.04. The highest BCUT2D eigenvalue weighted by atomic mass is 16.1. The smallest absolute Gasteiger partial charge is 0.237 e. The molecule has 0 spiro atoms. The summed E-state index contributed by atoms with van der Waals surface area (Å²) in [6.45, 7) is 1.81. The average Bonchev–Trinajstić information content (AvgIpc) is 2.40. The molecule has 0 aliphatic carbocycles. The number of aryl methyl sites for hydroxylation is 1. The molecule has 2 aromatic rings. The van der Waals surface area contributed by atoms with Crippen molar-refractivity contribution in [3.8, 4) is 12.1 Å². The van der Waals surface area contributed by atoms with Crippen LogP contribution in [0.2, 0.25) is 0 Å². The van der Waals surface area contributed by atoms with E-state index in [0.29, 0.717) is 11.1 Å². The Balaban J connectivity index is 2.44. The molecule has 1 aromatic heterocycles. The van der Waals surface area contributed by atoms with E-state index in [9.17, 15) is 4.79 Å². The molecule has 1 heterocycles. The van der Waals surface area contributed by atoms with Crippen LogP contribution in [0.5, 0.6) is 0 Å². The maximum atomic E-state index is 11.8. The van der Waals surface area contributed by atoms with Gasteiger partial charge in [0, 0.05) is 22.7 Å². The van der Waals surface area contributed by atoms with Gasteiger partial charge in [0.1, 0.15) is 12.1 Å². The maximum Gasteiger partial charge on any atom is 0.237 e. The van der Waals surface area contributed by atoms with Crippen molar-refractivity contribution in [3.05, 3.63) is 40.2 Å². The molecule has 0 radical (unpaired) electrons. The number of hydrogen-bond donors (Lipinski definition) is 2. The van der Waals surface area contributed by atoms with E-state index in [1.165, 1.54) is 6.07 Å². The lowest BCUT2D eigenvalue weighted by atomic mass is 10.2. The van der Waals surface area contributed by atoms with Gasteiger partial charge in [-0.05, 0) is 25.1 Å². The van der Waals surface area contributed by atoms with Crippen LogP contribution in [-0.2, 0) is 0 Å². The van der Waals surface area contributed by atoms with E-state index < -0.39 is 0 Å². The van der Waals surface area contributed by atoms with Gasteiger partial charge < -0.3 is 4.98 Å². The van der Waals surface area contributed by atoms with Gasteiger partial charge in [0.15, 0.2) is 5.43 Å². The summed E-state index contributed by atoms with van der Waals surface area (Å²) in [6, 6.07) is 9.83. The molecule has 0 amide bonds. The third-order valence-corrected chi connectivity index (χ3v) is 2.47. The summed E-state index contributed by atoms with van der Waals surface area (Å²) < 4.78 is 0. The average molecular weight is 251 g/mol. The van der Waals surface area contributed by atoms with Gasteiger partial charge >= 0.3 is 0 Å². The number of benzene rings is 1. The molecule has 2 N–H and O–H groups in total. The van der Waals surface area contributed by atoms with Crippen molar-refractivity contribution in [1.29, 1.82) is 10.5 Å². The quantitative estimate of drug-likeness (QED) is 0.625. The number of rotatable bonds is 2. The van der Waals surface area contributed by atoms with Gasteiger partial charge in [0.05, 0.1) is 5.69 Å². The van der Waals surface area contributed by atoms with Crippen LogP contribution in [0.1, 0.15) is 5.69 Å². The van der Waals surface area contributed by atoms with Gasteiger partial charge in [-0.2, -0.15) is 15.6 Å². The molecular weight excluding hydrogens is 242 g/mol. The first-order valence-electron chi connectivity index (χ1n) is 5.41. The van der Waals surface area contributed by atoms with Crippen molar-refractivity contribution < 1.29 is 0 Å². The number of nitrogens with zero attached hydrogens (tertiary/aromatic N) is 3. The van der Waals surface area contributed by atoms with Crippen LogP contribution in [0.15, 0.2) is 34.2 Å². The van der Waals surface area contributed by atoms with Gasteiger partial charge in [0.25, 0.3) is 0 Å². The van der Waals surface area contributed by atoms with Crippen LogP contribution in [0.3, 0.4) is 0 Å². The minimum atomic E-state index is -0.280. The molecule has 1 aromatic carbocycles. The summed E-state index contributed by atoms with van der Waals surface area (Å²) in [6.07, 6.45) is 0. The molecular formula is C13H9N5O. The second-order valence-electron chi connectivity index (χ2n) is 3.87. The van der Waals surface area contributed by atoms with Crippen LogP contribution in [0.4, 0.5) is 5.69 Å². The van der Waals surface area contributed by atoms with E-state index in [0.717, 1.165) is 11.2 Å². The summed E-state index contributed by atoms with van der Waals surface area (Å²) in [5.41, 5.74) is 4.23. The monoisotopic (exact) mass is 251 g/mol. The van der Waals surface area contributed by atoms with Crippen molar-refractivity contribution in [2.75, 3.05) is 5.43 Å². The minimum absolute atomic E-state index is 0.0975. The van der Waals surface area contributed by atoms with Crippen molar-refractivity contribution in [1.82, 2.24) is 4.98 Å². The number of anilines is 1. The van der Waals surface area contributed by atoms with Crippen LogP contribution < -0.4 is 10.9 Å². The van der Waals surface area contributed by atoms with Crippen LogP contribution >= 0.6 is 0 Å². The Morgan fingerprint density at radius 3 is 2.74 bits per heavy atom. The number of hydrogen-bond acceptors (Lipinski definition) is 5. The number of nitriles is 2. The Bertz CT molecular complexity index is 788. The number of aromatic amines is 1. The van der Waals surface area contributed by atoms with E-state index in [1.54, 1.807) is 30.3 Å². The zero-order valence-corrected chi connectivity index (χ0v) is 10.1. The molecule has 6 heteroatoms. The summed E-state index contributed by atoms with van der Waals surface area (Å²) in [5.74, 6) is 0. The second-order valence-corrected chi connectivity index (χ2v) is 3.87. The first-order chi connectivity index (χ1) is 9.13. The molecule has 0 saturated heterocycles. The minimum Gasteiger partial charge on any atom is -0.358 e. The van der Waals surface area contributed by atoms with Crippen molar-refractivity contribution >= 4 is 22.3 Å². The molecule has 0 aliphatic rings. The lowest BCUT2D eigenvalue weighted by Gasteiger charge is -2.03. The highest BCUT2D eigenvalue weighted by molar-refractivity contribution is 6.10. The van der Waals surface area contributed by atoms with Crippen LogP contribution in [0, 0.1) is 29.6 Å². The molecule has 92 valence electrons. The number of H-pyrrole nitrogens is 1. The first-order valence-corrected chi connectivity index (χ1v) is 5.41. The Morgan fingerprint density at radius 1 is 1.32 bits per heavy atom. The summed E-state index contributed by atoms with van der Waals surface area (Å²) >= 11 is 0. The zero-order chi connectivity index (χ0) is 13.8. The van der Waals surface area contributed by atoms with Crippen molar-refractivity contribution in [2.45, 2.75) is 6.92 Å². The molecule has 19 heavy (non-hydrogen) atoms. The largest absolute Gasteiger partial charge is 0.358 e. The van der Waals surface area contributed by atoms with Gasteiger partial charge in [0.2, 0.25) is 5.71 Å². The normalized spacial score (nSPS) is 9.42. The fourth-order valence-electron chi connectivity index (χ4n) is 1.65. The number of aromatic nitrogens is 1. The third kappa shape index (κ3) is 2.59. The molecule has 0 bridgehead atoms. The predicted octanol–water partition coefficient (Wildman–Crippen LogP) is 1.65. The summed E-state index contributed by atoms with van der Waals surface area (Å²) in [7, 11) is 0. The number of pyridine rings is 1. The first kappa shape index (κ1) is 12.3. The SMILES string of the molecule is Cc1cc(=O)c2cc(NN=C(C#N)C#N)ccc2[nH]1. The van der Waals surface area contributed by atoms with Crippen LogP contribution in [-0.4, -0.2) is 10.7 Å². The summed E-state index contributed by atoms with van der Waals surface area (Å²) in [5, 5.41) is 21.2. The number of nitrogens with one attached hydrogen (secondary N) is 2. The third-order valence-electron chi connectivity index (χ3n) is 2.47. The van der Waals surface area contributed by atoms with E-state index in [2.05, 4.69) is 15.5 Å². The van der Waals surface area contributed by atoms with E-state index >= 15 is 0 Å². The van der Waals surface area contributed by atoms with E-state index in [1.807, 2.05) is 6.92 Å². The van der Waals surface area contributed by atoms with Gasteiger partial charge in [-0.3, -0.25) is 10.2 Å². The van der Waals surface area contributed by atoms with Crippen LogP contribution in [0.25, 0.3) is 10.9 Å². The van der Waals surface area contributed by atoms with E-state index in [4.69, 9.17) is 10.5 Å². The topological polar surface area (TPSA) is 105 Å². The summed E-state index contributed by atoms with van der Waals surface area (Å²) in [4.78, 5) is 14.9. The van der Waals surface area contributed by atoms with Gasteiger partial charge in [-0.15, -0.1) is 0 Å². The zero-order valence-electron chi connectivity index (χ0n) is 10.1. The Labute approximate surface area is 108 Å². The predicted molar refractivity (Wildman–Crippen MR) is 71.6 cm³/mol. The fourth-order valence-corrected chi connectivity index (χ4v) is 1.65. The Kier molecular flexibility index (Phi) is 3.26. The fraction of sp³-hybridized carbons (Fsp3) is 0.0769. The molecule has 0 fully saturated rings. The highest BCUT2D eigenvalue weighted by Gasteiger charge is 2.01. The molecule has 0 saturated carbocycles. The number of fused-ring (bicyclic) bond motifs is 1. The van der Waals surface area contributed by atoms with E-state index in [-0.39, 0.29) is 11.1 Å². The molecule has 0 atom stereocenters.